The Hall–Kier alpha value is -1.72. The molecule has 2 atom stereocenters. The monoisotopic (exact) mass is 347 g/mol. The van der Waals surface area contributed by atoms with E-state index in [1.54, 1.807) is 0 Å². The summed E-state index contributed by atoms with van der Waals surface area (Å²) in [5, 5.41) is 6.20. The molecule has 4 N–H and O–H groups in total. The summed E-state index contributed by atoms with van der Waals surface area (Å²) in [5.41, 5.74) is 6.64. The van der Waals surface area contributed by atoms with Crippen molar-refractivity contribution in [2.75, 3.05) is 13.1 Å². The lowest BCUT2D eigenvalue weighted by Crippen LogP contribution is -2.51. The van der Waals surface area contributed by atoms with Crippen molar-refractivity contribution in [3.8, 4) is 0 Å². The van der Waals surface area contributed by atoms with Crippen LogP contribution in [0.3, 0.4) is 0 Å². The van der Waals surface area contributed by atoms with E-state index in [2.05, 4.69) is 10.6 Å². The number of Topliss-reactive ketones (excluding diaryl/α,β-unsaturated/α-hetero) is 1. The van der Waals surface area contributed by atoms with Crippen LogP contribution in [0.2, 0.25) is 0 Å². The Labute approximate surface area is 151 Å². The van der Waals surface area contributed by atoms with Crippen LogP contribution in [0.15, 0.2) is 30.3 Å². The fourth-order valence-electron chi connectivity index (χ4n) is 2.81. The summed E-state index contributed by atoms with van der Waals surface area (Å²) in [6, 6.07) is 9.13. The third kappa shape index (κ3) is 7.80. The van der Waals surface area contributed by atoms with Gasteiger partial charge in [0.15, 0.2) is 5.78 Å². The van der Waals surface area contributed by atoms with Crippen LogP contribution < -0.4 is 16.4 Å². The second-order valence-electron chi connectivity index (χ2n) is 6.70. The number of unbranched alkanes of at least 4 members (excludes halogenated alkanes) is 1. The minimum absolute atomic E-state index is 0.0836. The SMILES string of the molecule is CCNC(Cc1ccccc1)C(=O)NC(CCCCN)C(=O)C(C)C. The van der Waals surface area contributed by atoms with Gasteiger partial charge in [-0.3, -0.25) is 9.59 Å². The number of nitrogens with one attached hydrogen (secondary N) is 2. The molecule has 1 rings (SSSR count). The summed E-state index contributed by atoms with van der Waals surface area (Å²) in [6.07, 6.45) is 2.94. The molecule has 0 aliphatic rings. The fraction of sp³-hybridized carbons (Fsp3) is 0.600. The van der Waals surface area contributed by atoms with E-state index in [4.69, 9.17) is 5.73 Å². The number of carbonyl (C=O) groups excluding carboxylic acids is 2. The molecule has 0 aliphatic carbocycles. The minimum Gasteiger partial charge on any atom is -0.345 e. The Balaban J connectivity index is 2.76. The number of carbonyl (C=O) groups is 2. The Morgan fingerprint density at radius 3 is 2.32 bits per heavy atom. The van der Waals surface area contributed by atoms with Crippen LogP contribution in [0.25, 0.3) is 0 Å². The summed E-state index contributed by atoms with van der Waals surface area (Å²) in [7, 11) is 0. The van der Waals surface area contributed by atoms with Crippen LogP contribution in [-0.4, -0.2) is 36.9 Å². The molecule has 0 saturated heterocycles. The molecule has 0 fully saturated rings. The molecule has 0 spiro atoms. The van der Waals surface area contributed by atoms with Crippen LogP contribution in [0.4, 0.5) is 0 Å². The first-order chi connectivity index (χ1) is 12.0. The summed E-state index contributed by atoms with van der Waals surface area (Å²) in [6.45, 7) is 7.01. The molecule has 0 bridgehead atoms. The van der Waals surface area contributed by atoms with E-state index in [0.717, 1.165) is 18.4 Å². The van der Waals surface area contributed by atoms with Crippen LogP contribution >= 0.6 is 0 Å². The van der Waals surface area contributed by atoms with E-state index < -0.39 is 6.04 Å². The molecule has 0 heterocycles. The Morgan fingerprint density at radius 1 is 1.08 bits per heavy atom. The highest BCUT2D eigenvalue weighted by Gasteiger charge is 2.26. The van der Waals surface area contributed by atoms with Crippen LogP contribution in [0.1, 0.15) is 45.6 Å². The standard InChI is InChI=1S/C20H33N3O2/c1-4-22-18(14-16-10-6-5-7-11-16)20(25)23-17(12-8-9-13-21)19(24)15(2)3/h5-7,10-11,15,17-18,22H,4,8-9,12-14,21H2,1-3H3,(H,23,25). The van der Waals surface area contributed by atoms with Crippen molar-refractivity contribution in [3.05, 3.63) is 35.9 Å². The number of likely N-dealkylation sites (N-methyl/N-ethyl adjacent to an activating group) is 1. The topological polar surface area (TPSA) is 84.2 Å². The van der Waals surface area contributed by atoms with E-state index in [-0.39, 0.29) is 23.7 Å². The Bertz CT molecular complexity index is 517. The first-order valence-electron chi connectivity index (χ1n) is 9.31. The maximum Gasteiger partial charge on any atom is 0.238 e. The van der Waals surface area contributed by atoms with Crippen molar-refractivity contribution in [2.45, 2.75) is 58.5 Å². The predicted octanol–water partition coefficient (Wildman–Crippen LogP) is 2.05. The fourth-order valence-corrected chi connectivity index (χ4v) is 2.81. The quantitative estimate of drug-likeness (QED) is 0.505. The number of amides is 1. The lowest BCUT2D eigenvalue weighted by atomic mass is 9.96. The maximum atomic E-state index is 12.8. The summed E-state index contributed by atoms with van der Waals surface area (Å²) >= 11 is 0. The molecular weight excluding hydrogens is 314 g/mol. The first-order valence-corrected chi connectivity index (χ1v) is 9.31. The van der Waals surface area contributed by atoms with Crippen molar-refractivity contribution in [1.82, 2.24) is 10.6 Å². The van der Waals surface area contributed by atoms with E-state index in [0.29, 0.717) is 25.9 Å². The smallest absolute Gasteiger partial charge is 0.238 e. The lowest BCUT2D eigenvalue weighted by Gasteiger charge is -2.24. The lowest BCUT2D eigenvalue weighted by molar-refractivity contribution is -0.130. The van der Waals surface area contributed by atoms with Crippen molar-refractivity contribution in [1.29, 1.82) is 0 Å². The Morgan fingerprint density at radius 2 is 1.76 bits per heavy atom. The van der Waals surface area contributed by atoms with Crippen molar-refractivity contribution in [2.24, 2.45) is 11.7 Å². The molecule has 0 saturated carbocycles. The van der Waals surface area contributed by atoms with Gasteiger partial charge < -0.3 is 16.4 Å². The first kappa shape index (κ1) is 21.3. The van der Waals surface area contributed by atoms with Crippen molar-refractivity contribution < 1.29 is 9.59 Å². The van der Waals surface area contributed by atoms with Gasteiger partial charge in [-0.2, -0.15) is 0 Å². The third-order valence-corrected chi connectivity index (χ3v) is 4.23. The zero-order chi connectivity index (χ0) is 18.7. The zero-order valence-corrected chi connectivity index (χ0v) is 15.8. The molecule has 5 heteroatoms. The van der Waals surface area contributed by atoms with E-state index in [1.165, 1.54) is 0 Å². The van der Waals surface area contributed by atoms with E-state index in [1.807, 2.05) is 51.1 Å². The van der Waals surface area contributed by atoms with Crippen LogP contribution in [0.5, 0.6) is 0 Å². The number of hydrogen-bond acceptors (Lipinski definition) is 4. The molecule has 0 aromatic heterocycles. The number of ketones is 1. The van der Waals surface area contributed by atoms with E-state index in [9.17, 15) is 9.59 Å². The van der Waals surface area contributed by atoms with Crippen molar-refractivity contribution >= 4 is 11.7 Å². The average Bonchev–Trinajstić information content (AvgIpc) is 2.60. The molecule has 1 aromatic rings. The Kier molecular flexibility index (Phi) is 10.0. The highest BCUT2D eigenvalue weighted by Crippen LogP contribution is 2.09. The number of rotatable bonds is 12. The van der Waals surface area contributed by atoms with E-state index >= 15 is 0 Å². The number of hydrogen-bond donors (Lipinski definition) is 3. The molecule has 0 aliphatic heterocycles. The number of nitrogens with two attached hydrogens (primary N) is 1. The minimum atomic E-state index is -0.434. The van der Waals surface area contributed by atoms with Gasteiger partial charge in [-0.15, -0.1) is 0 Å². The molecule has 2 unspecified atom stereocenters. The highest BCUT2D eigenvalue weighted by molar-refractivity contribution is 5.91. The molecule has 5 nitrogen and oxygen atoms in total. The average molecular weight is 348 g/mol. The van der Waals surface area contributed by atoms with Gasteiger partial charge in [0, 0.05) is 5.92 Å². The van der Waals surface area contributed by atoms with Gasteiger partial charge in [-0.1, -0.05) is 51.1 Å². The summed E-state index contributed by atoms with van der Waals surface area (Å²) in [5.74, 6) is -0.132. The molecule has 1 amide bonds. The maximum absolute atomic E-state index is 12.8. The third-order valence-electron chi connectivity index (χ3n) is 4.23. The van der Waals surface area contributed by atoms with Crippen molar-refractivity contribution in [3.63, 3.8) is 0 Å². The predicted molar refractivity (Wildman–Crippen MR) is 102 cm³/mol. The molecule has 0 radical (unpaired) electrons. The summed E-state index contributed by atoms with van der Waals surface area (Å²) < 4.78 is 0. The van der Waals surface area contributed by atoms with Crippen LogP contribution in [-0.2, 0) is 16.0 Å². The van der Waals surface area contributed by atoms with Gasteiger partial charge in [-0.05, 0) is 44.3 Å². The second kappa shape index (κ2) is 11.8. The molecule has 25 heavy (non-hydrogen) atoms. The van der Waals surface area contributed by atoms with Gasteiger partial charge in [0.05, 0.1) is 12.1 Å². The molecule has 1 aromatic carbocycles. The van der Waals surface area contributed by atoms with Gasteiger partial charge in [0.2, 0.25) is 5.91 Å². The molecule has 140 valence electrons. The largest absolute Gasteiger partial charge is 0.345 e. The van der Waals surface area contributed by atoms with Gasteiger partial charge >= 0.3 is 0 Å². The number of benzene rings is 1. The normalized spacial score (nSPS) is 13.5. The van der Waals surface area contributed by atoms with Crippen LogP contribution in [0, 0.1) is 5.92 Å². The van der Waals surface area contributed by atoms with Gasteiger partial charge in [-0.25, -0.2) is 0 Å². The zero-order valence-electron chi connectivity index (χ0n) is 15.8. The highest BCUT2D eigenvalue weighted by atomic mass is 16.2. The summed E-state index contributed by atoms with van der Waals surface area (Å²) in [4.78, 5) is 25.2. The van der Waals surface area contributed by atoms with Gasteiger partial charge in [0.25, 0.3) is 0 Å². The second-order valence-corrected chi connectivity index (χ2v) is 6.70. The van der Waals surface area contributed by atoms with Gasteiger partial charge in [0.1, 0.15) is 0 Å². The molecular formula is C20H33N3O2.